The number of rotatable bonds is 2. The van der Waals surface area contributed by atoms with Gasteiger partial charge >= 0.3 is 10.3 Å². The van der Waals surface area contributed by atoms with Crippen molar-refractivity contribution in [3.8, 4) is 5.88 Å². The molecule has 60 valence electrons. The summed E-state index contributed by atoms with van der Waals surface area (Å²) in [6.07, 6.45) is 1.53. The second-order valence-corrected chi connectivity index (χ2v) is 3.82. The first-order valence-electron chi connectivity index (χ1n) is 2.56. The quantitative estimate of drug-likeness (QED) is 0.760. The molecule has 0 radical (unpaired) electrons. The fourth-order valence-corrected chi connectivity index (χ4v) is 1.14. The summed E-state index contributed by atoms with van der Waals surface area (Å²) in [4.78, 5) is 3.77. The zero-order valence-electron chi connectivity index (χ0n) is 5.16. The standard InChI is InChI=1S/C5H3BrClNO2S/c6-4-1-2-5(8-3-4)10-11(7)9/h1-3H. The first-order chi connectivity index (χ1) is 5.18. The van der Waals surface area contributed by atoms with Crippen LogP contribution in [0.25, 0.3) is 0 Å². The summed E-state index contributed by atoms with van der Waals surface area (Å²) < 4.78 is 15.7. The molecule has 0 aliphatic rings. The molecule has 0 fully saturated rings. The molecule has 11 heavy (non-hydrogen) atoms. The molecule has 1 aromatic heterocycles. The molecule has 0 saturated carbocycles. The monoisotopic (exact) mass is 255 g/mol. The summed E-state index contributed by atoms with van der Waals surface area (Å²) >= 11 is 3.18. The van der Waals surface area contributed by atoms with E-state index in [9.17, 15) is 4.21 Å². The summed E-state index contributed by atoms with van der Waals surface area (Å²) in [5, 5.41) is 0. The van der Waals surface area contributed by atoms with Crippen molar-refractivity contribution in [1.82, 2.24) is 4.98 Å². The van der Waals surface area contributed by atoms with E-state index in [0.717, 1.165) is 4.47 Å². The Morgan fingerprint density at radius 1 is 1.64 bits per heavy atom. The van der Waals surface area contributed by atoms with Crippen LogP contribution in [0.15, 0.2) is 22.8 Å². The summed E-state index contributed by atoms with van der Waals surface area (Å²) in [6, 6.07) is 3.27. The second kappa shape index (κ2) is 4.04. The van der Waals surface area contributed by atoms with Gasteiger partial charge in [-0.3, -0.25) is 0 Å². The van der Waals surface area contributed by atoms with Gasteiger partial charge in [-0.1, -0.05) is 0 Å². The third kappa shape index (κ3) is 3.18. The largest absolute Gasteiger partial charge is 0.368 e. The molecule has 0 aromatic carbocycles. The Kier molecular flexibility index (Phi) is 3.29. The number of halogens is 2. The maximum atomic E-state index is 10.3. The van der Waals surface area contributed by atoms with Gasteiger partial charge in [0.2, 0.25) is 5.88 Å². The van der Waals surface area contributed by atoms with Crippen LogP contribution in [0.5, 0.6) is 5.88 Å². The summed E-state index contributed by atoms with van der Waals surface area (Å²) in [6.45, 7) is 0. The fraction of sp³-hybridized carbons (Fsp3) is 0. The lowest BCUT2D eigenvalue weighted by atomic mass is 10.5. The summed E-state index contributed by atoms with van der Waals surface area (Å²) in [5.41, 5.74) is 0. The Bertz CT molecular complexity index is 266. The van der Waals surface area contributed by atoms with Gasteiger partial charge in [0, 0.05) is 27.4 Å². The molecular formula is C5H3BrClNO2S. The number of hydrogen-bond acceptors (Lipinski definition) is 3. The molecule has 1 heterocycles. The topological polar surface area (TPSA) is 39.2 Å². The SMILES string of the molecule is O=S(Cl)Oc1ccc(Br)cn1. The molecule has 3 nitrogen and oxygen atoms in total. The normalized spacial score (nSPS) is 12.5. The Labute approximate surface area is 79.0 Å². The van der Waals surface area contributed by atoms with Gasteiger partial charge in [-0.05, 0) is 22.0 Å². The maximum absolute atomic E-state index is 10.3. The lowest BCUT2D eigenvalue weighted by Gasteiger charge is -1.96. The second-order valence-electron chi connectivity index (χ2n) is 1.59. The van der Waals surface area contributed by atoms with Gasteiger partial charge < -0.3 is 4.18 Å². The highest BCUT2D eigenvalue weighted by atomic mass is 79.9. The van der Waals surface area contributed by atoms with Crippen LogP contribution in [-0.4, -0.2) is 9.19 Å². The average Bonchev–Trinajstić information content (AvgIpc) is 1.93. The highest BCUT2D eigenvalue weighted by Gasteiger charge is 1.98. The Hall–Kier alpha value is -0.130. The highest BCUT2D eigenvalue weighted by Crippen LogP contribution is 2.13. The van der Waals surface area contributed by atoms with Crippen molar-refractivity contribution in [1.29, 1.82) is 0 Å². The number of nitrogens with zero attached hydrogens (tertiary/aromatic N) is 1. The summed E-state index contributed by atoms with van der Waals surface area (Å²) in [5.74, 6) is 0.238. The Morgan fingerprint density at radius 2 is 2.36 bits per heavy atom. The van der Waals surface area contributed by atoms with Gasteiger partial charge in [0.05, 0.1) is 0 Å². The Balaban J connectivity index is 2.74. The van der Waals surface area contributed by atoms with E-state index in [-0.39, 0.29) is 5.88 Å². The van der Waals surface area contributed by atoms with E-state index in [0.29, 0.717) is 0 Å². The number of hydrogen-bond donors (Lipinski definition) is 0. The lowest BCUT2D eigenvalue weighted by molar-refractivity contribution is 0.559. The van der Waals surface area contributed by atoms with Crippen molar-refractivity contribution in [3.05, 3.63) is 22.8 Å². The Morgan fingerprint density at radius 3 is 2.82 bits per heavy atom. The van der Waals surface area contributed by atoms with Crippen LogP contribution in [0.2, 0.25) is 0 Å². The van der Waals surface area contributed by atoms with E-state index in [2.05, 4.69) is 25.1 Å². The van der Waals surface area contributed by atoms with Crippen LogP contribution >= 0.6 is 26.6 Å². The third-order valence-electron chi connectivity index (χ3n) is 0.851. The highest BCUT2D eigenvalue weighted by molar-refractivity contribution is 9.10. The molecule has 1 atom stereocenters. The molecule has 0 aliphatic heterocycles. The van der Waals surface area contributed by atoms with E-state index in [1.54, 1.807) is 12.1 Å². The van der Waals surface area contributed by atoms with E-state index in [1.165, 1.54) is 6.20 Å². The van der Waals surface area contributed by atoms with Gasteiger partial charge in [-0.25, -0.2) is 4.98 Å². The molecule has 0 spiro atoms. The van der Waals surface area contributed by atoms with Crippen LogP contribution in [-0.2, 0) is 10.3 Å². The molecule has 1 unspecified atom stereocenters. The zero-order valence-corrected chi connectivity index (χ0v) is 8.32. The predicted octanol–water partition coefficient (Wildman–Crippen LogP) is 2.04. The van der Waals surface area contributed by atoms with Crippen LogP contribution in [0.1, 0.15) is 0 Å². The molecular weight excluding hydrogens is 253 g/mol. The van der Waals surface area contributed by atoms with Crippen LogP contribution < -0.4 is 4.18 Å². The smallest absolute Gasteiger partial charge is 0.310 e. The van der Waals surface area contributed by atoms with Crippen molar-refractivity contribution in [2.24, 2.45) is 0 Å². The van der Waals surface area contributed by atoms with Crippen molar-refractivity contribution in [2.75, 3.05) is 0 Å². The van der Waals surface area contributed by atoms with E-state index in [1.807, 2.05) is 0 Å². The lowest BCUT2D eigenvalue weighted by Crippen LogP contribution is -1.92. The molecule has 0 saturated heterocycles. The first kappa shape index (κ1) is 8.96. The molecule has 0 amide bonds. The fourth-order valence-electron chi connectivity index (χ4n) is 0.479. The zero-order chi connectivity index (χ0) is 8.27. The van der Waals surface area contributed by atoms with Gasteiger partial charge in [-0.15, -0.1) is 0 Å². The third-order valence-corrected chi connectivity index (χ3v) is 1.81. The number of pyridine rings is 1. The minimum Gasteiger partial charge on any atom is -0.368 e. The summed E-state index contributed by atoms with van der Waals surface area (Å²) in [7, 11) is 3.22. The van der Waals surface area contributed by atoms with E-state index in [4.69, 9.17) is 10.7 Å². The first-order valence-corrected chi connectivity index (χ1v) is 5.26. The predicted molar refractivity (Wildman–Crippen MR) is 46.6 cm³/mol. The molecule has 0 bridgehead atoms. The molecule has 6 heteroatoms. The molecule has 0 aliphatic carbocycles. The minimum absolute atomic E-state index is 0.238. The van der Waals surface area contributed by atoms with Crippen molar-refractivity contribution in [3.63, 3.8) is 0 Å². The molecule has 1 aromatic rings. The van der Waals surface area contributed by atoms with Crippen molar-refractivity contribution < 1.29 is 8.39 Å². The van der Waals surface area contributed by atoms with Crippen molar-refractivity contribution >= 4 is 36.9 Å². The van der Waals surface area contributed by atoms with Crippen LogP contribution in [0, 0.1) is 0 Å². The van der Waals surface area contributed by atoms with Gasteiger partial charge in [0.1, 0.15) is 0 Å². The van der Waals surface area contributed by atoms with Gasteiger partial charge in [0.15, 0.2) is 0 Å². The van der Waals surface area contributed by atoms with E-state index < -0.39 is 10.3 Å². The van der Waals surface area contributed by atoms with Crippen molar-refractivity contribution in [2.45, 2.75) is 0 Å². The van der Waals surface area contributed by atoms with E-state index >= 15 is 0 Å². The minimum atomic E-state index is -1.83. The average molecular weight is 257 g/mol. The van der Waals surface area contributed by atoms with Gasteiger partial charge in [-0.2, -0.15) is 4.21 Å². The van der Waals surface area contributed by atoms with Crippen LogP contribution in [0.3, 0.4) is 0 Å². The molecule has 1 rings (SSSR count). The number of aromatic nitrogens is 1. The van der Waals surface area contributed by atoms with Gasteiger partial charge in [0.25, 0.3) is 0 Å². The maximum Gasteiger partial charge on any atom is 0.310 e. The molecule has 0 N–H and O–H groups in total. The van der Waals surface area contributed by atoms with Crippen LogP contribution in [0.4, 0.5) is 0 Å².